The third kappa shape index (κ3) is 3.22. The molecule has 1 amide bonds. The van der Waals surface area contributed by atoms with Crippen molar-refractivity contribution in [3.8, 4) is 0 Å². The average molecular weight is 254 g/mol. The van der Waals surface area contributed by atoms with E-state index in [1.54, 1.807) is 4.90 Å². The first-order valence-electron chi connectivity index (χ1n) is 6.91. The fourth-order valence-electron chi connectivity index (χ4n) is 2.94. The number of nitrogens with one attached hydrogen (secondary N) is 1. The Labute approximate surface area is 108 Å². The highest BCUT2D eigenvalue weighted by atomic mass is 16.4. The molecule has 0 radical (unpaired) electrons. The van der Waals surface area contributed by atoms with Crippen LogP contribution in [0.15, 0.2) is 0 Å². The van der Waals surface area contributed by atoms with Crippen LogP contribution >= 0.6 is 0 Å². The molecule has 2 N–H and O–H groups in total. The molecule has 0 aromatic heterocycles. The second kappa shape index (κ2) is 6.18. The van der Waals surface area contributed by atoms with Crippen LogP contribution in [0.1, 0.15) is 38.5 Å². The molecule has 2 fully saturated rings. The lowest BCUT2D eigenvalue weighted by Crippen LogP contribution is -2.48. The second-order valence-electron chi connectivity index (χ2n) is 5.33. The number of carboxylic acid groups (broad SMARTS) is 1. The first-order chi connectivity index (χ1) is 8.68. The number of hydrogen-bond donors (Lipinski definition) is 2. The van der Waals surface area contributed by atoms with E-state index in [9.17, 15) is 9.59 Å². The van der Waals surface area contributed by atoms with Crippen LogP contribution in [0.2, 0.25) is 0 Å². The summed E-state index contributed by atoms with van der Waals surface area (Å²) in [5.41, 5.74) is 0. The third-order valence-electron chi connectivity index (χ3n) is 4.03. The van der Waals surface area contributed by atoms with Gasteiger partial charge in [-0.25, -0.2) is 4.79 Å². The number of carbonyl (C=O) groups excluding carboxylic acids is 1. The molecule has 2 heterocycles. The summed E-state index contributed by atoms with van der Waals surface area (Å²) < 4.78 is 0. The maximum atomic E-state index is 12.2. The van der Waals surface area contributed by atoms with E-state index >= 15 is 0 Å². The first kappa shape index (κ1) is 13.3. The van der Waals surface area contributed by atoms with E-state index in [0.717, 1.165) is 38.8 Å². The summed E-state index contributed by atoms with van der Waals surface area (Å²) in [4.78, 5) is 25.0. The Morgan fingerprint density at radius 2 is 1.89 bits per heavy atom. The van der Waals surface area contributed by atoms with Crippen molar-refractivity contribution in [1.82, 2.24) is 10.2 Å². The van der Waals surface area contributed by atoms with E-state index in [1.807, 2.05) is 0 Å². The second-order valence-corrected chi connectivity index (χ2v) is 5.33. The lowest BCUT2D eigenvalue weighted by Gasteiger charge is -2.34. The van der Waals surface area contributed by atoms with Gasteiger partial charge in [0.1, 0.15) is 6.04 Å². The Morgan fingerprint density at radius 3 is 2.56 bits per heavy atom. The molecule has 0 bridgehead atoms. The van der Waals surface area contributed by atoms with Crippen molar-refractivity contribution in [3.05, 3.63) is 0 Å². The van der Waals surface area contributed by atoms with Gasteiger partial charge in [-0.2, -0.15) is 0 Å². The summed E-state index contributed by atoms with van der Waals surface area (Å²) in [6, 6.07) is -0.590. The zero-order chi connectivity index (χ0) is 13.0. The molecule has 18 heavy (non-hydrogen) atoms. The normalized spacial score (nSPS) is 26.0. The Balaban J connectivity index is 1.91. The van der Waals surface area contributed by atoms with Gasteiger partial charge < -0.3 is 15.3 Å². The van der Waals surface area contributed by atoms with Crippen LogP contribution in [-0.2, 0) is 9.59 Å². The summed E-state index contributed by atoms with van der Waals surface area (Å²) >= 11 is 0. The predicted octanol–water partition coefficient (Wildman–Crippen LogP) is 0.842. The van der Waals surface area contributed by atoms with Crippen LogP contribution in [0, 0.1) is 5.92 Å². The van der Waals surface area contributed by atoms with Crippen LogP contribution in [0.25, 0.3) is 0 Å². The van der Waals surface area contributed by atoms with E-state index in [4.69, 9.17) is 5.11 Å². The lowest BCUT2D eigenvalue weighted by atomic mass is 9.93. The molecule has 0 aromatic carbocycles. The van der Waals surface area contributed by atoms with Gasteiger partial charge in [-0.3, -0.25) is 4.79 Å². The molecule has 0 aliphatic carbocycles. The van der Waals surface area contributed by atoms with E-state index in [-0.39, 0.29) is 5.91 Å². The zero-order valence-electron chi connectivity index (χ0n) is 10.7. The summed E-state index contributed by atoms with van der Waals surface area (Å²) in [6.45, 7) is 2.56. The molecule has 1 atom stereocenters. The van der Waals surface area contributed by atoms with Gasteiger partial charge in [0.05, 0.1) is 0 Å². The number of amides is 1. The Hall–Kier alpha value is -1.10. The minimum atomic E-state index is -0.853. The predicted molar refractivity (Wildman–Crippen MR) is 67.2 cm³/mol. The molecule has 2 aliphatic rings. The minimum Gasteiger partial charge on any atom is -0.480 e. The summed E-state index contributed by atoms with van der Waals surface area (Å²) in [6.07, 6.45) is 5.02. The van der Waals surface area contributed by atoms with Gasteiger partial charge in [0.25, 0.3) is 0 Å². The molecule has 5 nitrogen and oxygen atoms in total. The standard InChI is InChI=1S/C13H22N2O3/c16-12(9-10-4-6-14-7-5-10)15-8-2-1-3-11(15)13(17)18/h10-11,14H,1-9H2,(H,17,18). The number of nitrogens with zero attached hydrogens (tertiary/aromatic N) is 1. The number of piperidine rings is 2. The quantitative estimate of drug-likeness (QED) is 0.783. The largest absolute Gasteiger partial charge is 0.480 e. The Bertz CT molecular complexity index is 313. The molecular weight excluding hydrogens is 232 g/mol. The average Bonchev–Trinajstić information content (AvgIpc) is 2.40. The van der Waals surface area contributed by atoms with Gasteiger partial charge in [-0.15, -0.1) is 0 Å². The fraction of sp³-hybridized carbons (Fsp3) is 0.846. The first-order valence-corrected chi connectivity index (χ1v) is 6.91. The van der Waals surface area contributed by atoms with Crippen LogP contribution < -0.4 is 5.32 Å². The van der Waals surface area contributed by atoms with Crippen molar-refractivity contribution in [2.24, 2.45) is 5.92 Å². The molecular formula is C13H22N2O3. The van der Waals surface area contributed by atoms with E-state index in [1.165, 1.54) is 0 Å². The van der Waals surface area contributed by atoms with E-state index in [0.29, 0.717) is 25.3 Å². The smallest absolute Gasteiger partial charge is 0.326 e. The van der Waals surface area contributed by atoms with Gasteiger partial charge in [0.15, 0.2) is 0 Å². The molecule has 5 heteroatoms. The van der Waals surface area contributed by atoms with E-state index < -0.39 is 12.0 Å². The molecule has 1 unspecified atom stereocenters. The molecule has 2 saturated heterocycles. The SMILES string of the molecule is O=C(O)C1CCCCN1C(=O)CC1CCNCC1. The van der Waals surface area contributed by atoms with Gasteiger partial charge in [0, 0.05) is 13.0 Å². The van der Waals surface area contributed by atoms with Crippen LogP contribution in [0.3, 0.4) is 0 Å². The van der Waals surface area contributed by atoms with Crippen LogP contribution in [0.5, 0.6) is 0 Å². The van der Waals surface area contributed by atoms with Crippen molar-refractivity contribution in [2.45, 2.75) is 44.6 Å². The molecule has 2 aliphatic heterocycles. The number of likely N-dealkylation sites (tertiary alicyclic amines) is 1. The third-order valence-corrected chi connectivity index (χ3v) is 4.03. The molecule has 0 spiro atoms. The fourth-order valence-corrected chi connectivity index (χ4v) is 2.94. The molecule has 102 valence electrons. The lowest BCUT2D eigenvalue weighted by molar-refractivity contribution is -0.152. The van der Waals surface area contributed by atoms with Crippen molar-refractivity contribution in [3.63, 3.8) is 0 Å². The molecule has 2 rings (SSSR count). The summed E-state index contributed by atoms with van der Waals surface area (Å²) in [5.74, 6) is -0.391. The maximum absolute atomic E-state index is 12.2. The topological polar surface area (TPSA) is 69.6 Å². The zero-order valence-corrected chi connectivity index (χ0v) is 10.7. The molecule has 0 aromatic rings. The minimum absolute atomic E-state index is 0.0361. The Morgan fingerprint density at radius 1 is 1.17 bits per heavy atom. The van der Waals surface area contributed by atoms with Crippen LogP contribution in [0.4, 0.5) is 0 Å². The van der Waals surface area contributed by atoms with Gasteiger partial charge >= 0.3 is 5.97 Å². The number of carboxylic acids is 1. The van der Waals surface area contributed by atoms with Crippen molar-refractivity contribution in [1.29, 1.82) is 0 Å². The Kier molecular flexibility index (Phi) is 4.58. The number of hydrogen-bond acceptors (Lipinski definition) is 3. The van der Waals surface area contributed by atoms with Gasteiger partial charge in [0.2, 0.25) is 5.91 Å². The monoisotopic (exact) mass is 254 g/mol. The molecule has 0 saturated carbocycles. The van der Waals surface area contributed by atoms with Crippen molar-refractivity contribution < 1.29 is 14.7 Å². The van der Waals surface area contributed by atoms with Crippen LogP contribution in [-0.4, -0.2) is 47.6 Å². The highest BCUT2D eigenvalue weighted by molar-refractivity contribution is 5.84. The number of aliphatic carboxylic acids is 1. The van der Waals surface area contributed by atoms with Crippen molar-refractivity contribution >= 4 is 11.9 Å². The summed E-state index contributed by atoms with van der Waals surface area (Å²) in [7, 11) is 0. The van der Waals surface area contributed by atoms with Gasteiger partial charge in [-0.1, -0.05) is 0 Å². The summed E-state index contributed by atoms with van der Waals surface area (Å²) in [5, 5.41) is 12.4. The number of carbonyl (C=O) groups is 2. The van der Waals surface area contributed by atoms with Crippen molar-refractivity contribution in [2.75, 3.05) is 19.6 Å². The highest BCUT2D eigenvalue weighted by Gasteiger charge is 2.32. The van der Waals surface area contributed by atoms with Gasteiger partial charge in [-0.05, 0) is 51.1 Å². The highest BCUT2D eigenvalue weighted by Crippen LogP contribution is 2.22. The van der Waals surface area contributed by atoms with E-state index in [2.05, 4.69) is 5.32 Å². The maximum Gasteiger partial charge on any atom is 0.326 e. The number of rotatable bonds is 3.